The average molecular weight is 241 g/mol. The number of allylic oxidation sites excluding steroid dienone is 1. The SMILES string of the molecule is COC(=O)/C=C/C(=O)c1cc(Cl)ccc1O. The van der Waals surface area contributed by atoms with E-state index >= 15 is 0 Å². The summed E-state index contributed by atoms with van der Waals surface area (Å²) in [4.78, 5) is 22.3. The van der Waals surface area contributed by atoms with Gasteiger partial charge in [-0.05, 0) is 24.3 Å². The van der Waals surface area contributed by atoms with Gasteiger partial charge in [0.15, 0.2) is 5.78 Å². The fraction of sp³-hybridized carbons (Fsp3) is 0.0909. The Balaban J connectivity index is 2.92. The zero-order valence-corrected chi connectivity index (χ0v) is 9.19. The molecule has 0 saturated heterocycles. The zero-order valence-electron chi connectivity index (χ0n) is 8.44. The first-order chi connectivity index (χ1) is 7.54. The van der Waals surface area contributed by atoms with Gasteiger partial charge in [-0.15, -0.1) is 0 Å². The van der Waals surface area contributed by atoms with Crippen molar-refractivity contribution in [3.63, 3.8) is 0 Å². The molecule has 0 bridgehead atoms. The van der Waals surface area contributed by atoms with Gasteiger partial charge in [0.25, 0.3) is 0 Å². The van der Waals surface area contributed by atoms with E-state index in [0.29, 0.717) is 5.02 Å². The molecule has 4 nitrogen and oxygen atoms in total. The summed E-state index contributed by atoms with van der Waals surface area (Å²) in [5.74, 6) is -1.36. The number of ketones is 1. The lowest BCUT2D eigenvalue weighted by atomic mass is 10.1. The molecule has 1 aromatic carbocycles. The molecule has 0 aliphatic carbocycles. The van der Waals surface area contributed by atoms with Crippen LogP contribution in [0.25, 0.3) is 0 Å². The number of rotatable bonds is 3. The van der Waals surface area contributed by atoms with Crippen molar-refractivity contribution in [2.45, 2.75) is 0 Å². The summed E-state index contributed by atoms with van der Waals surface area (Å²) in [5.41, 5.74) is 0.0349. The predicted octanol–water partition coefficient (Wildman–Crippen LogP) is 1.96. The van der Waals surface area contributed by atoms with E-state index in [1.807, 2.05) is 0 Å². The first-order valence-corrected chi connectivity index (χ1v) is 4.71. The average Bonchev–Trinajstić information content (AvgIpc) is 2.28. The number of phenols is 1. The minimum absolute atomic E-state index is 0.0349. The van der Waals surface area contributed by atoms with Gasteiger partial charge < -0.3 is 9.84 Å². The first-order valence-electron chi connectivity index (χ1n) is 4.33. The van der Waals surface area contributed by atoms with Crippen LogP contribution in [0.5, 0.6) is 5.75 Å². The molecule has 1 N–H and O–H groups in total. The van der Waals surface area contributed by atoms with E-state index in [9.17, 15) is 14.7 Å². The standard InChI is InChI=1S/C11H9ClO4/c1-16-11(15)5-4-10(14)8-6-7(12)2-3-9(8)13/h2-6,13H,1H3/b5-4+. The van der Waals surface area contributed by atoms with Gasteiger partial charge in [-0.1, -0.05) is 11.6 Å². The maximum Gasteiger partial charge on any atom is 0.330 e. The predicted molar refractivity (Wildman–Crippen MR) is 58.6 cm³/mol. The number of carbonyl (C=O) groups is 2. The molecule has 0 spiro atoms. The number of esters is 1. The van der Waals surface area contributed by atoms with Crippen LogP contribution in [-0.4, -0.2) is 24.0 Å². The van der Waals surface area contributed by atoms with Crippen molar-refractivity contribution in [1.82, 2.24) is 0 Å². The molecule has 0 heterocycles. The van der Waals surface area contributed by atoms with Crippen LogP contribution in [0.15, 0.2) is 30.4 Å². The van der Waals surface area contributed by atoms with E-state index in [1.54, 1.807) is 0 Å². The van der Waals surface area contributed by atoms with Gasteiger partial charge in [0.1, 0.15) is 5.75 Å². The van der Waals surface area contributed by atoms with Crippen LogP contribution in [0.1, 0.15) is 10.4 Å². The van der Waals surface area contributed by atoms with E-state index in [2.05, 4.69) is 4.74 Å². The minimum atomic E-state index is -0.644. The highest BCUT2D eigenvalue weighted by atomic mass is 35.5. The highest BCUT2D eigenvalue weighted by molar-refractivity contribution is 6.31. The van der Waals surface area contributed by atoms with Gasteiger partial charge in [-0.2, -0.15) is 0 Å². The topological polar surface area (TPSA) is 63.6 Å². The van der Waals surface area contributed by atoms with Crippen molar-refractivity contribution in [3.8, 4) is 5.75 Å². The lowest BCUT2D eigenvalue weighted by Crippen LogP contribution is -1.99. The molecule has 1 aromatic rings. The second-order valence-corrected chi connectivity index (χ2v) is 3.32. The van der Waals surface area contributed by atoms with Gasteiger partial charge in [0.05, 0.1) is 12.7 Å². The molecular formula is C11H9ClO4. The van der Waals surface area contributed by atoms with Gasteiger partial charge in [0, 0.05) is 11.1 Å². The summed E-state index contributed by atoms with van der Waals surface area (Å²) in [6, 6.07) is 4.08. The Bertz CT molecular complexity index is 451. The largest absolute Gasteiger partial charge is 0.507 e. The van der Waals surface area contributed by atoms with Crippen LogP contribution in [0.3, 0.4) is 0 Å². The van der Waals surface area contributed by atoms with Crippen molar-refractivity contribution < 1.29 is 19.4 Å². The summed E-state index contributed by atoms with van der Waals surface area (Å²) < 4.78 is 4.32. The lowest BCUT2D eigenvalue weighted by Gasteiger charge is -2.00. The number of hydrogen-bond acceptors (Lipinski definition) is 4. The number of methoxy groups -OCH3 is 1. The van der Waals surface area contributed by atoms with Gasteiger partial charge in [-0.25, -0.2) is 4.79 Å². The van der Waals surface area contributed by atoms with Crippen molar-refractivity contribution in [2.24, 2.45) is 0 Å². The zero-order chi connectivity index (χ0) is 12.1. The van der Waals surface area contributed by atoms with Crippen molar-refractivity contribution in [2.75, 3.05) is 7.11 Å². The Kier molecular flexibility index (Phi) is 4.08. The van der Waals surface area contributed by atoms with E-state index in [0.717, 1.165) is 12.2 Å². The molecule has 84 valence electrons. The molecule has 5 heteroatoms. The second kappa shape index (κ2) is 5.32. The molecule has 0 aromatic heterocycles. The molecule has 0 aliphatic heterocycles. The molecule has 0 atom stereocenters. The lowest BCUT2D eigenvalue weighted by molar-refractivity contribution is -0.134. The molecule has 0 radical (unpaired) electrons. The first kappa shape index (κ1) is 12.3. The number of hydrogen-bond donors (Lipinski definition) is 1. The van der Waals surface area contributed by atoms with Crippen LogP contribution >= 0.6 is 11.6 Å². The fourth-order valence-corrected chi connectivity index (χ4v) is 1.18. The summed E-state index contributed by atoms with van der Waals surface area (Å²) >= 11 is 5.67. The molecule has 0 saturated carbocycles. The van der Waals surface area contributed by atoms with Crippen LogP contribution in [0, 0.1) is 0 Å². The van der Waals surface area contributed by atoms with E-state index in [4.69, 9.17) is 11.6 Å². The van der Waals surface area contributed by atoms with Crippen molar-refractivity contribution >= 4 is 23.4 Å². The van der Waals surface area contributed by atoms with Crippen LogP contribution in [0.2, 0.25) is 5.02 Å². The quantitative estimate of drug-likeness (QED) is 0.498. The molecule has 0 unspecified atom stereocenters. The number of ether oxygens (including phenoxy) is 1. The normalized spacial score (nSPS) is 10.4. The number of benzene rings is 1. The van der Waals surface area contributed by atoms with Gasteiger partial charge in [-0.3, -0.25) is 4.79 Å². The van der Waals surface area contributed by atoms with Crippen molar-refractivity contribution in [1.29, 1.82) is 0 Å². The van der Waals surface area contributed by atoms with Gasteiger partial charge in [0.2, 0.25) is 0 Å². The van der Waals surface area contributed by atoms with Crippen LogP contribution in [-0.2, 0) is 9.53 Å². The Morgan fingerprint density at radius 2 is 2.06 bits per heavy atom. The smallest absolute Gasteiger partial charge is 0.330 e. The maximum atomic E-state index is 11.5. The van der Waals surface area contributed by atoms with Gasteiger partial charge >= 0.3 is 5.97 Å². The third-order valence-corrected chi connectivity index (χ3v) is 2.03. The Morgan fingerprint density at radius 1 is 1.38 bits per heavy atom. The summed E-state index contributed by atoms with van der Waals surface area (Å²) in [6.45, 7) is 0. The van der Waals surface area contributed by atoms with E-state index in [1.165, 1.54) is 25.3 Å². The van der Waals surface area contributed by atoms with Crippen molar-refractivity contribution in [3.05, 3.63) is 40.9 Å². The van der Waals surface area contributed by atoms with Crippen LogP contribution in [0.4, 0.5) is 0 Å². The number of aromatic hydroxyl groups is 1. The highest BCUT2D eigenvalue weighted by Gasteiger charge is 2.09. The number of halogens is 1. The summed E-state index contributed by atoms with van der Waals surface area (Å²) in [6.07, 6.45) is 1.99. The Morgan fingerprint density at radius 3 is 2.69 bits per heavy atom. The van der Waals surface area contributed by atoms with Crippen LogP contribution < -0.4 is 0 Å². The molecule has 0 amide bonds. The minimum Gasteiger partial charge on any atom is -0.507 e. The maximum absolute atomic E-state index is 11.5. The van der Waals surface area contributed by atoms with E-state index < -0.39 is 11.8 Å². The third-order valence-electron chi connectivity index (χ3n) is 1.80. The second-order valence-electron chi connectivity index (χ2n) is 2.88. The molecular weight excluding hydrogens is 232 g/mol. The highest BCUT2D eigenvalue weighted by Crippen LogP contribution is 2.22. The number of phenolic OH excluding ortho intramolecular Hbond substituents is 1. The monoisotopic (exact) mass is 240 g/mol. The Hall–Kier alpha value is -1.81. The Labute approximate surface area is 97.1 Å². The van der Waals surface area contributed by atoms with E-state index in [-0.39, 0.29) is 11.3 Å². The summed E-state index contributed by atoms with van der Waals surface area (Å²) in [7, 11) is 1.20. The third kappa shape index (κ3) is 3.10. The number of carbonyl (C=O) groups excluding carboxylic acids is 2. The fourth-order valence-electron chi connectivity index (χ4n) is 1.01. The molecule has 16 heavy (non-hydrogen) atoms. The molecule has 0 fully saturated rings. The molecule has 0 aliphatic rings. The summed E-state index contributed by atoms with van der Waals surface area (Å²) in [5, 5.41) is 9.72. The molecule has 1 rings (SSSR count).